The molecule has 0 aliphatic rings. The fourth-order valence-corrected chi connectivity index (χ4v) is 0.401. The molecular weight excluding hydrogens is 112 g/mol. The van der Waals surface area contributed by atoms with Crippen LogP contribution in [0.3, 0.4) is 0 Å². The lowest BCUT2D eigenvalue weighted by Gasteiger charge is -1.95. The first-order valence-electron chi connectivity index (χ1n) is 3.34. The van der Waals surface area contributed by atoms with E-state index in [0.29, 0.717) is 0 Å². The normalized spacial score (nSPS) is 9.22. The van der Waals surface area contributed by atoms with Crippen molar-refractivity contribution < 1.29 is 4.74 Å². The SMILES string of the molecule is CC[CH]OCC=C(C)C. The average molecular weight is 127 g/mol. The largest absolute Gasteiger partial charge is 0.371 e. The van der Waals surface area contributed by atoms with Gasteiger partial charge in [0.25, 0.3) is 0 Å². The molecular formula is C8H15O. The van der Waals surface area contributed by atoms with Gasteiger partial charge in [0.05, 0.1) is 13.2 Å². The van der Waals surface area contributed by atoms with Crippen LogP contribution in [0.5, 0.6) is 0 Å². The van der Waals surface area contributed by atoms with Gasteiger partial charge in [0, 0.05) is 0 Å². The third-order valence-electron chi connectivity index (χ3n) is 0.872. The van der Waals surface area contributed by atoms with E-state index in [0.717, 1.165) is 13.0 Å². The van der Waals surface area contributed by atoms with Crippen LogP contribution in [0.25, 0.3) is 0 Å². The average Bonchev–Trinajstić information content (AvgIpc) is 1.80. The molecule has 0 atom stereocenters. The molecule has 0 unspecified atom stereocenters. The summed E-state index contributed by atoms with van der Waals surface area (Å²) in [6.45, 7) is 8.72. The van der Waals surface area contributed by atoms with E-state index < -0.39 is 0 Å². The summed E-state index contributed by atoms with van der Waals surface area (Å²) in [4.78, 5) is 0. The molecule has 0 aliphatic carbocycles. The molecule has 0 heterocycles. The molecule has 0 saturated carbocycles. The van der Waals surface area contributed by atoms with Crippen molar-refractivity contribution in [2.24, 2.45) is 0 Å². The molecule has 1 nitrogen and oxygen atoms in total. The highest BCUT2D eigenvalue weighted by Crippen LogP contribution is 1.91. The van der Waals surface area contributed by atoms with Gasteiger partial charge in [0.1, 0.15) is 0 Å². The number of hydrogen-bond donors (Lipinski definition) is 0. The number of ether oxygens (including phenoxy) is 1. The Labute approximate surface area is 57.7 Å². The zero-order valence-corrected chi connectivity index (χ0v) is 6.48. The maximum Gasteiger partial charge on any atom is 0.0838 e. The summed E-state index contributed by atoms with van der Waals surface area (Å²) in [5.41, 5.74) is 1.31. The Hall–Kier alpha value is -0.300. The van der Waals surface area contributed by atoms with Crippen LogP contribution in [0.1, 0.15) is 27.2 Å². The first-order valence-corrected chi connectivity index (χ1v) is 3.34. The maximum absolute atomic E-state index is 5.09. The van der Waals surface area contributed by atoms with Gasteiger partial charge < -0.3 is 4.74 Å². The zero-order chi connectivity index (χ0) is 7.11. The second-order valence-electron chi connectivity index (χ2n) is 2.19. The van der Waals surface area contributed by atoms with Crippen molar-refractivity contribution in [3.63, 3.8) is 0 Å². The molecule has 0 fully saturated rings. The number of hydrogen-bond acceptors (Lipinski definition) is 1. The molecule has 1 radical (unpaired) electrons. The van der Waals surface area contributed by atoms with Gasteiger partial charge in [-0.05, 0) is 20.3 Å². The summed E-state index contributed by atoms with van der Waals surface area (Å²) < 4.78 is 5.09. The lowest BCUT2D eigenvalue weighted by molar-refractivity contribution is 0.227. The van der Waals surface area contributed by atoms with Gasteiger partial charge in [-0.15, -0.1) is 0 Å². The number of allylic oxidation sites excluding steroid dienone is 1. The monoisotopic (exact) mass is 127 g/mol. The molecule has 0 aliphatic heterocycles. The van der Waals surface area contributed by atoms with E-state index in [9.17, 15) is 0 Å². The van der Waals surface area contributed by atoms with Crippen molar-refractivity contribution in [2.75, 3.05) is 6.61 Å². The highest BCUT2D eigenvalue weighted by Gasteiger charge is 1.80. The van der Waals surface area contributed by atoms with Crippen LogP contribution >= 0.6 is 0 Å². The minimum absolute atomic E-state index is 0.718. The first-order chi connectivity index (χ1) is 4.27. The summed E-state index contributed by atoms with van der Waals surface area (Å²) >= 11 is 0. The third kappa shape index (κ3) is 7.70. The van der Waals surface area contributed by atoms with Crippen LogP contribution in [0, 0.1) is 6.61 Å². The molecule has 0 saturated heterocycles. The van der Waals surface area contributed by atoms with Gasteiger partial charge in [-0.3, -0.25) is 0 Å². The van der Waals surface area contributed by atoms with Crippen LogP contribution in [0.4, 0.5) is 0 Å². The molecule has 0 aromatic heterocycles. The van der Waals surface area contributed by atoms with Crippen molar-refractivity contribution in [1.29, 1.82) is 0 Å². The summed E-state index contributed by atoms with van der Waals surface area (Å²) in [6, 6.07) is 0. The Morgan fingerprint density at radius 1 is 1.44 bits per heavy atom. The molecule has 0 aromatic carbocycles. The summed E-state index contributed by atoms with van der Waals surface area (Å²) in [7, 11) is 0. The molecule has 0 aromatic rings. The van der Waals surface area contributed by atoms with Gasteiger partial charge in [0.15, 0.2) is 0 Å². The Morgan fingerprint density at radius 2 is 2.11 bits per heavy atom. The van der Waals surface area contributed by atoms with Gasteiger partial charge >= 0.3 is 0 Å². The van der Waals surface area contributed by atoms with Gasteiger partial charge in [-0.2, -0.15) is 0 Å². The standard InChI is InChI=1S/C8H15O/c1-4-6-9-7-5-8(2)3/h5-6H,4,7H2,1-3H3. The predicted octanol–water partition coefficient (Wildman–Crippen LogP) is 2.54. The summed E-state index contributed by atoms with van der Waals surface area (Å²) in [5, 5.41) is 0. The zero-order valence-electron chi connectivity index (χ0n) is 6.48. The van der Waals surface area contributed by atoms with Gasteiger partial charge in [-0.25, -0.2) is 0 Å². The topological polar surface area (TPSA) is 9.23 Å². The van der Waals surface area contributed by atoms with Crippen molar-refractivity contribution >= 4 is 0 Å². The Kier molecular flexibility index (Phi) is 5.64. The molecule has 0 spiro atoms. The van der Waals surface area contributed by atoms with E-state index in [1.807, 2.05) is 6.61 Å². The molecule has 9 heavy (non-hydrogen) atoms. The first kappa shape index (κ1) is 8.70. The summed E-state index contributed by atoms with van der Waals surface area (Å²) in [5.74, 6) is 0. The molecule has 53 valence electrons. The smallest absolute Gasteiger partial charge is 0.0838 e. The lowest BCUT2D eigenvalue weighted by Crippen LogP contribution is -1.86. The Morgan fingerprint density at radius 3 is 2.56 bits per heavy atom. The molecule has 0 rings (SSSR count). The van der Waals surface area contributed by atoms with Crippen LogP contribution in [0.2, 0.25) is 0 Å². The van der Waals surface area contributed by atoms with E-state index in [1.165, 1.54) is 5.57 Å². The quantitative estimate of drug-likeness (QED) is 0.416. The fraction of sp³-hybridized carbons (Fsp3) is 0.625. The van der Waals surface area contributed by atoms with Gasteiger partial charge in [0.2, 0.25) is 0 Å². The van der Waals surface area contributed by atoms with E-state index in [1.54, 1.807) is 0 Å². The Balaban J connectivity index is 3.00. The van der Waals surface area contributed by atoms with E-state index in [2.05, 4.69) is 26.8 Å². The van der Waals surface area contributed by atoms with E-state index >= 15 is 0 Å². The van der Waals surface area contributed by atoms with Crippen molar-refractivity contribution in [1.82, 2.24) is 0 Å². The predicted molar refractivity (Wildman–Crippen MR) is 40.0 cm³/mol. The molecule has 0 amide bonds. The molecule has 0 N–H and O–H groups in total. The fourth-order valence-electron chi connectivity index (χ4n) is 0.401. The maximum atomic E-state index is 5.09. The van der Waals surface area contributed by atoms with Crippen LogP contribution < -0.4 is 0 Å². The molecule has 1 heteroatoms. The van der Waals surface area contributed by atoms with Gasteiger partial charge in [-0.1, -0.05) is 18.6 Å². The van der Waals surface area contributed by atoms with E-state index in [4.69, 9.17) is 4.74 Å². The second-order valence-corrected chi connectivity index (χ2v) is 2.19. The van der Waals surface area contributed by atoms with Crippen molar-refractivity contribution in [3.8, 4) is 0 Å². The van der Waals surface area contributed by atoms with Crippen LogP contribution in [0.15, 0.2) is 11.6 Å². The molecule has 0 bridgehead atoms. The second kappa shape index (κ2) is 5.83. The Bertz CT molecular complexity index is 80.6. The summed E-state index contributed by atoms with van der Waals surface area (Å²) in [6.07, 6.45) is 3.04. The third-order valence-corrected chi connectivity index (χ3v) is 0.872. The minimum Gasteiger partial charge on any atom is -0.371 e. The number of rotatable bonds is 4. The lowest BCUT2D eigenvalue weighted by atomic mass is 10.3. The minimum atomic E-state index is 0.718. The van der Waals surface area contributed by atoms with Crippen LogP contribution in [-0.4, -0.2) is 6.61 Å². The highest BCUT2D eigenvalue weighted by molar-refractivity contribution is 4.92. The van der Waals surface area contributed by atoms with E-state index in [-0.39, 0.29) is 0 Å². The highest BCUT2D eigenvalue weighted by atomic mass is 16.5. The van der Waals surface area contributed by atoms with Crippen molar-refractivity contribution in [3.05, 3.63) is 18.3 Å². The van der Waals surface area contributed by atoms with Crippen LogP contribution in [-0.2, 0) is 4.74 Å². The van der Waals surface area contributed by atoms with Crippen molar-refractivity contribution in [2.45, 2.75) is 27.2 Å².